The van der Waals surface area contributed by atoms with Crippen LogP contribution in [-0.4, -0.2) is 38.3 Å². The Labute approximate surface area is 159 Å². The number of ether oxygens (including phenoxy) is 2. The molecule has 3 nitrogen and oxygen atoms in total. The van der Waals surface area contributed by atoms with Gasteiger partial charge in [0.25, 0.3) is 0 Å². The topological polar surface area (TPSA) is 21.7 Å². The molecule has 0 amide bonds. The molecule has 0 spiro atoms. The summed E-state index contributed by atoms with van der Waals surface area (Å²) in [5.41, 5.74) is 4.55. The van der Waals surface area contributed by atoms with Crippen molar-refractivity contribution in [2.45, 2.75) is 70.8 Å². The first-order valence-electron chi connectivity index (χ1n) is 9.75. The van der Waals surface area contributed by atoms with Crippen molar-refractivity contribution in [3.63, 3.8) is 0 Å². The Balaban J connectivity index is 0.00000225. The van der Waals surface area contributed by atoms with Crippen molar-refractivity contribution in [1.82, 2.24) is 4.90 Å². The van der Waals surface area contributed by atoms with E-state index in [1.165, 1.54) is 62.7 Å². The highest BCUT2D eigenvalue weighted by Gasteiger charge is 2.38. The van der Waals surface area contributed by atoms with Crippen LogP contribution >= 0.6 is 12.4 Å². The van der Waals surface area contributed by atoms with Crippen LogP contribution in [0.2, 0.25) is 0 Å². The largest absolute Gasteiger partial charge is 0.493 e. The highest BCUT2D eigenvalue weighted by atomic mass is 35.5. The molecule has 0 saturated heterocycles. The first-order chi connectivity index (χ1) is 11.7. The van der Waals surface area contributed by atoms with Crippen LogP contribution in [0, 0.1) is 0 Å². The fraction of sp³-hybridized carbons (Fsp3) is 0.714. The van der Waals surface area contributed by atoms with Gasteiger partial charge in [-0.25, -0.2) is 0 Å². The Bertz CT molecular complexity index is 570. The number of halogens is 1. The quantitative estimate of drug-likeness (QED) is 0.678. The summed E-state index contributed by atoms with van der Waals surface area (Å²) in [6.07, 6.45) is 8.67. The second-order valence-corrected chi connectivity index (χ2v) is 7.30. The molecule has 2 atom stereocenters. The van der Waals surface area contributed by atoms with E-state index in [1.54, 1.807) is 19.8 Å². The molecule has 3 rings (SSSR count). The van der Waals surface area contributed by atoms with Crippen molar-refractivity contribution in [2.24, 2.45) is 0 Å². The standard InChI is InChI=1S/C21H33NO2.ClH/c1-5-12-22(13-6-2)18-11-10-15-14-19(23-3)21(24-4)17-9-7-8-16(18)20(15)17;/h14,16,18H,5-13H2,1-4H3;1H. The van der Waals surface area contributed by atoms with Crippen LogP contribution in [0.25, 0.3) is 0 Å². The molecule has 142 valence electrons. The second-order valence-electron chi connectivity index (χ2n) is 7.30. The SMILES string of the molecule is CCCN(CCC)C1CCc2cc(OC)c(OC)c3c2C1CCC3.Cl. The highest BCUT2D eigenvalue weighted by molar-refractivity contribution is 5.85. The fourth-order valence-electron chi connectivity index (χ4n) is 5.05. The summed E-state index contributed by atoms with van der Waals surface area (Å²) in [5, 5.41) is 0. The average Bonchev–Trinajstić information content (AvgIpc) is 2.61. The zero-order chi connectivity index (χ0) is 17.1. The van der Waals surface area contributed by atoms with E-state index in [9.17, 15) is 0 Å². The van der Waals surface area contributed by atoms with Crippen LogP contribution in [-0.2, 0) is 12.8 Å². The molecule has 1 aromatic rings. The molecule has 1 aromatic carbocycles. The van der Waals surface area contributed by atoms with E-state index in [0.29, 0.717) is 12.0 Å². The van der Waals surface area contributed by atoms with Crippen molar-refractivity contribution >= 4 is 12.4 Å². The van der Waals surface area contributed by atoms with Gasteiger partial charge in [-0.2, -0.15) is 0 Å². The Hall–Kier alpha value is -0.930. The van der Waals surface area contributed by atoms with Crippen LogP contribution in [0.1, 0.15) is 68.6 Å². The number of benzene rings is 1. The Morgan fingerprint density at radius 3 is 2.36 bits per heavy atom. The summed E-state index contributed by atoms with van der Waals surface area (Å²) in [4.78, 5) is 2.76. The Kier molecular flexibility index (Phi) is 7.45. The maximum absolute atomic E-state index is 5.76. The van der Waals surface area contributed by atoms with E-state index in [4.69, 9.17) is 9.47 Å². The molecule has 0 radical (unpaired) electrons. The van der Waals surface area contributed by atoms with Crippen molar-refractivity contribution in [2.75, 3.05) is 27.3 Å². The maximum Gasteiger partial charge on any atom is 0.164 e. The minimum atomic E-state index is 0. The van der Waals surface area contributed by atoms with Crippen LogP contribution in [0.15, 0.2) is 6.07 Å². The highest BCUT2D eigenvalue weighted by Crippen LogP contribution is 2.49. The summed E-state index contributed by atoms with van der Waals surface area (Å²) in [7, 11) is 3.54. The van der Waals surface area contributed by atoms with E-state index in [0.717, 1.165) is 17.9 Å². The number of rotatable bonds is 7. The normalized spacial score (nSPS) is 21.5. The van der Waals surface area contributed by atoms with E-state index in [-0.39, 0.29) is 12.4 Å². The van der Waals surface area contributed by atoms with Gasteiger partial charge in [-0.1, -0.05) is 13.8 Å². The third-order valence-electron chi connectivity index (χ3n) is 5.88. The molecule has 2 unspecified atom stereocenters. The minimum absolute atomic E-state index is 0. The van der Waals surface area contributed by atoms with Gasteiger partial charge in [-0.05, 0) is 75.2 Å². The lowest BCUT2D eigenvalue weighted by atomic mass is 9.70. The number of methoxy groups -OCH3 is 2. The predicted molar refractivity (Wildman–Crippen MR) is 107 cm³/mol. The molecule has 0 heterocycles. The van der Waals surface area contributed by atoms with Crippen molar-refractivity contribution in [3.8, 4) is 11.5 Å². The fourth-order valence-corrected chi connectivity index (χ4v) is 5.05. The molecular weight excluding hydrogens is 334 g/mol. The maximum atomic E-state index is 5.76. The van der Waals surface area contributed by atoms with Gasteiger partial charge in [0.15, 0.2) is 11.5 Å². The zero-order valence-corrected chi connectivity index (χ0v) is 17.1. The van der Waals surface area contributed by atoms with E-state index >= 15 is 0 Å². The first kappa shape index (κ1) is 20.4. The lowest BCUT2D eigenvalue weighted by Crippen LogP contribution is -2.44. The number of aryl methyl sites for hydroxylation is 1. The minimum Gasteiger partial charge on any atom is -0.493 e. The van der Waals surface area contributed by atoms with Gasteiger partial charge in [-0.3, -0.25) is 4.90 Å². The molecular formula is C21H34ClNO2. The molecule has 0 aromatic heterocycles. The molecule has 4 heteroatoms. The summed E-state index contributed by atoms with van der Waals surface area (Å²) in [5.74, 6) is 2.58. The lowest BCUT2D eigenvalue weighted by molar-refractivity contribution is 0.145. The van der Waals surface area contributed by atoms with Gasteiger partial charge in [0.2, 0.25) is 0 Å². The van der Waals surface area contributed by atoms with Crippen LogP contribution in [0.5, 0.6) is 11.5 Å². The van der Waals surface area contributed by atoms with E-state index in [1.807, 2.05) is 0 Å². The average molecular weight is 368 g/mol. The monoisotopic (exact) mass is 367 g/mol. The molecule has 2 aliphatic rings. The molecule has 0 bridgehead atoms. The van der Waals surface area contributed by atoms with Crippen LogP contribution in [0.3, 0.4) is 0 Å². The van der Waals surface area contributed by atoms with E-state index in [2.05, 4.69) is 24.8 Å². The molecule has 25 heavy (non-hydrogen) atoms. The van der Waals surface area contributed by atoms with Crippen molar-refractivity contribution < 1.29 is 9.47 Å². The third-order valence-corrected chi connectivity index (χ3v) is 5.88. The molecule has 0 fully saturated rings. The van der Waals surface area contributed by atoms with Crippen molar-refractivity contribution in [1.29, 1.82) is 0 Å². The third kappa shape index (κ3) is 3.78. The van der Waals surface area contributed by atoms with Gasteiger partial charge in [-0.15, -0.1) is 12.4 Å². The summed E-state index contributed by atoms with van der Waals surface area (Å²) in [6, 6.07) is 2.95. The molecule has 2 aliphatic carbocycles. The first-order valence-corrected chi connectivity index (χ1v) is 9.75. The zero-order valence-electron chi connectivity index (χ0n) is 16.3. The Morgan fingerprint density at radius 2 is 1.76 bits per heavy atom. The van der Waals surface area contributed by atoms with Gasteiger partial charge >= 0.3 is 0 Å². The number of hydrogen-bond acceptors (Lipinski definition) is 3. The molecule has 0 aliphatic heterocycles. The lowest BCUT2D eigenvalue weighted by Gasteiger charge is -2.44. The number of nitrogens with zero attached hydrogens (tertiary/aromatic N) is 1. The molecule has 0 N–H and O–H groups in total. The van der Waals surface area contributed by atoms with Gasteiger partial charge in [0.05, 0.1) is 14.2 Å². The smallest absolute Gasteiger partial charge is 0.164 e. The number of hydrogen-bond donors (Lipinski definition) is 0. The van der Waals surface area contributed by atoms with Gasteiger partial charge < -0.3 is 9.47 Å². The van der Waals surface area contributed by atoms with Gasteiger partial charge in [0, 0.05) is 17.5 Å². The van der Waals surface area contributed by atoms with Crippen LogP contribution < -0.4 is 9.47 Å². The molecule has 0 saturated carbocycles. The van der Waals surface area contributed by atoms with Crippen LogP contribution in [0.4, 0.5) is 0 Å². The summed E-state index contributed by atoms with van der Waals surface area (Å²) >= 11 is 0. The predicted octanol–water partition coefficient (Wildman–Crippen LogP) is 4.98. The van der Waals surface area contributed by atoms with Gasteiger partial charge in [0.1, 0.15) is 0 Å². The second kappa shape index (κ2) is 9.14. The Morgan fingerprint density at radius 1 is 1.04 bits per heavy atom. The summed E-state index contributed by atoms with van der Waals surface area (Å²) < 4.78 is 11.4. The summed E-state index contributed by atoms with van der Waals surface area (Å²) in [6.45, 7) is 7.07. The van der Waals surface area contributed by atoms with E-state index < -0.39 is 0 Å². The van der Waals surface area contributed by atoms with Crippen molar-refractivity contribution in [3.05, 3.63) is 22.8 Å².